The summed E-state index contributed by atoms with van der Waals surface area (Å²) in [7, 11) is 2.75. The molecule has 42 heavy (non-hydrogen) atoms. The first-order chi connectivity index (χ1) is 20.4. The van der Waals surface area contributed by atoms with Crippen molar-refractivity contribution in [3.8, 4) is 11.5 Å². The largest absolute Gasteiger partial charge is 0.490 e. The summed E-state index contributed by atoms with van der Waals surface area (Å²) in [6, 6.07) is 13.9. The van der Waals surface area contributed by atoms with Gasteiger partial charge in [0.15, 0.2) is 0 Å². The SMILES string of the molecule is COC(=O)CCCCCNC(=O)c1ccc(OC/C=C\COc2ccc(C(=O)NCCCCCC(=O)OC)cc2)cc1. The smallest absolute Gasteiger partial charge is 0.305 e. The van der Waals surface area contributed by atoms with Gasteiger partial charge in [-0.15, -0.1) is 0 Å². The summed E-state index contributed by atoms with van der Waals surface area (Å²) in [6.07, 6.45) is 9.24. The molecule has 0 saturated carbocycles. The number of ether oxygens (including phenoxy) is 4. The summed E-state index contributed by atoms with van der Waals surface area (Å²) >= 11 is 0. The zero-order valence-corrected chi connectivity index (χ0v) is 24.5. The first kappa shape index (κ1) is 33.9. The molecule has 0 aliphatic rings. The Hall–Kier alpha value is -4.34. The van der Waals surface area contributed by atoms with Crippen molar-refractivity contribution in [2.75, 3.05) is 40.5 Å². The van der Waals surface area contributed by atoms with Crippen molar-refractivity contribution in [1.29, 1.82) is 0 Å². The minimum atomic E-state index is -0.214. The molecule has 0 atom stereocenters. The van der Waals surface area contributed by atoms with E-state index in [-0.39, 0.29) is 23.8 Å². The van der Waals surface area contributed by atoms with Gasteiger partial charge < -0.3 is 29.6 Å². The first-order valence-corrected chi connectivity index (χ1v) is 14.2. The second-order valence-corrected chi connectivity index (χ2v) is 9.43. The van der Waals surface area contributed by atoms with Gasteiger partial charge in [-0.05, 0) is 86.4 Å². The molecule has 0 radical (unpaired) electrons. The van der Waals surface area contributed by atoms with Crippen LogP contribution < -0.4 is 20.1 Å². The van der Waals surface area contributed by atoms with Crippen molar-refractivity contribution in [2.45, 2.75) is 51.4 Å². The highest BCUT2D eigenvalue weighted by Crippen LogP contribution is 2.14. The number of methoxy groups -OCH3 is 2. The number of esters is 2. The Kier molecular flexibility index (Phi) is 16.5. The molecule has 2 rings (SSSR count). The van der Waals surface area contributed by atoms with Gasteiger partial charge in [0.05, 0.1) is 14.2 Å². The van der Waals surface area contributed by atoms with Crippen LogP contribution in [-0.2, 0) is 19.1 Å². The molecule has 2 N–H and O–H groups in total. The van der Waals surface area contributed by atoms with Crippen LogP contribution in [0.2, 0.25) is 0 Å². The van der Waals surface area contributed by atoms with Crippen LogP contribution in [0.25, 0.3) is 0 Å². The van der Waals surface area contributed by atoms with Crippen LogP contribution in [0, 0.1) is 0 Å². The van der Waals surface area contributed by atoms with Crippen LogP contribution in [-0.4, -0.2) is 64.3 Å². The van der Waals surface area contributed by atoms with Crippen molar-refractivity contribution < 1.29 is 38.1 Å². The normalized spacial score (nSPS) is 10.6. The first-order valence-electron chi connectivity index (χ1n) is 14.2. The molecule has 0 aliphatic heterocycles. The number of carbonyl (C=O) groups is 4. The van der Waals surface area contributed by atoms with E-state index in [1.165, 1.54) is 14.2 Å². The highest BCUT2D eigenvalue weighted by atomic mass is 16.5. The zero-order chi connectivity index (χ0) is 30.4. The zero-order valence-electron chi connectivity index (χ0n) is 24.5. The molecule has 0 unspecified atom stereocenters. The van der Waals surface area contributed by atoms with Gasteiger partial charge in [-0.3, -0.25) is 19.2 Å². The van der Waals surface area contributed by atoms with E-state index in [2.05, 4.69) is 20.1 Å². The lowest BCUT2D eigenvalue weighted by molar-refractivity contribution is -0.141. The van der Waals surface area contributed by atoms with Crippen molar-refractivity contribution in [3.63, 3.8) is 0 Å². The van der Waals surface area contributed by atoms with Crippen LogP contribution in [0.1, 0.15) is 72.1 Å². The Labute approximate surface area is 247 Å². The Balaban J connectivity index is 1.57. The fraction of sp³-hybridized carbons (Fsp3) is 0.438. The molecule has 0 fully saturated rings. The van der Waals surface area contributed by atoms with Gasteiger partial charge in [0.25, 0.3) is 11.8 Å². The molecule has 2 amide bonds. The molecule has 0 aliphatic carbocycles. The maximum absolute atomic E-state index is 12.3. The number of hydrogen-bond donors (Lipinski definition) is 2. The summed E-state index contributed by atoms with van der Waals surface area (Å²) < 4.78 is 20.6. The molecular weight excluding hydrogens is 540 g/mol. The Bertz CT molecular complexity index is 1040. The third kappa shape index (κ3) is 14.3. The van der Waals surface area contributed by atoms with Gasteiger partial charge in [0, 0.05) is 37.1 Å². The van der Waals surface area contributed by atoms with Gasteiger partial charge in [-0.1, -0.05) is 12.8 Å². The average Bonchev–Trinajstić information content (AvgIpc) is 3.02. The molecule has 0 saturated heterocycles. The molecule has 228 valence electrons. The van der Waals surface area contributed by atoms with E-state index in [4.69, 9.17) is 9.47 Å². The predicted molar refractivity (Wildman–Crippen MR) is 159 cm³/mol. The van der Waals surface area contributed by atoms with Crippen molar-refractivity contribution in [1.82, 2.24) is 10.6 Å². The predicted octanol–water partition coefficient (Wildman–Crippen LogP) is 4.63. The van der Waals surface area contributed by atoms with Crippen LogP contribution in [0.4, 0.5) is 0 Å². The van der Waals surface area contributed by atoms with Gasteiger partial charge in [-0.2, -0.15) is 0 Å². The van der Waals surface area contributed by atoms with Gasteiger partial charge >= 0.3 is 11.9 Å². The van der Waals surface area contributed by atoms with E-state index in [1.54, 1.807) is 48.5 Å². The van der Waals surface area contributed by atoms with E-state index < -0.39 is 0 Å². The number of unbranched alkanes of at least 4 members (excludes halogenated alkanes) is 4. The highest BCUT2D eigenvalue weighted by molar-refractivity contribution is 5.94. The minimum absolute atomic E-state index is 0.149. The number of rotatable bonds is 20. The number of amides is 2. The van der Waals surface area contributed by atoms with E-state index in [9.17, 15) is 19.2 Å². The fourth-order valence-corrected chi connectivity index (χ4v) is 3.78. The Morgan fingerprint density at radius 2 is 0.952 bits per heavy atom. The maximum Gasteiger partial charge on any atom is 0.305 e. The molecule has 0 heterocycles. The maximum atomic E-state index is 12.3. The van der Waals surface area contributed by atoms with Gasteiger partial charge in [-0.25, -0.2) is 0 Å². The average molecular weight is 583 g/mol. The third-order valence-corrected chi connectivity index (χ3v) is 6.23. The molecule has 0 spiro atoms. The van der Waals surface area contributed by atoms with E-state index >= 15 is 0 Å². The summed E-state index contributed by atoms with van der Waals surface area (Å²) in [4.78, 5) is 46.7. The molecule has 0 bridgehead atoms. The lowest BCUT2D eigenvalue weighted by Gasteiger charge is -2.08. The van der Waals surface area contributed by atoms with E-state index in [1.807, 2.05) is 12.2 Å². The van der Waals surface area contributed by atoms with Crippen LogP contribution in [0.15, 0.2) is 60.7 Å². The van der Waals surface area contributed by atoms with Crippen LogP contribution >= 0.6 is 0 Å². The van der Waals surface area contributed by atoms with E-state index in [0.717, 1.165) is 38.5 Å². The van der Waals surface area contributed by atoms with Crippen molar-refractivity contribution >= 4 is 23.8 Å². The number of benzene rings is 2. The molecular formula is C32H42N2O8. The quantitative estimate of drug-likeness (QED) is 0.131. The third-order valence-electron chi connectivity index (χ3n) is 6.23. The van der Waals surface area contributed by atoms with Gasteiger partial charge in [0.1, 0.15) is 24.7 Å². The van der Waals surface area contributed by atoms with Crippen molar-refractivity contribution in [3.05, 3.63) is 71.8 Å². The van der Waals surface area contributed by atoms with E-state index in [0.29, 0.717) is 61.8 Å². The summed E-state index contributed by atoms with van der Waals surface area (Å²) in [5.41, 5.74) is 1.11. The lowest BCUT2D eigenvalue weighted by Crippen LogP contribution is -2.24. The number of hydrogen-bond acceptors (Lipinski definition) is 8. The summed E-state index contributed by atoms with van der Waals surface area (Å²) in [5, 5.41) is 5.75. The Morgan fingerprint density at radius 1 is 0.571 bits per heavy atom. The topological polar surface area (TPSA) is 129 Å². The van der Waals surface area contributed by atoms with Gasteiger partial charge in [0.2, 0.25) is 0 Å². The van der Waals surface area contributed by atoms with Crippen molar-refractivity contribution in [2.24, 2.45) is 0 Å². The van der Waals surface area contributed by atoms with Crippen LogP contribution in [0.3, 0.4) is 0 Å². The number of nitrogens with one attached hydrogen (secondary N) is 2. The van der Waals surface area contributed by atoms with Crippen LogP contribution in [0.5, 0.6) is 11.5 Å². The summed E-state index contributed by atoms with van der Waals surface area (Å²) in [5.74, 6) is 0.572. The minimum Gasteiger partial charge on any atom is -0.490 e. The summed E-state index contributed by atoms with van der Waals surface area (Å²) in [6.45, 7) is 1.80. The fourth-order valence-electron chi connectivity index (χ4n) is 3.78. The number of carbonyl (C=O) groups excluding carboxylic acids is 4. The monoisotopic (exact) mass is 582 g/mol. The highest BCUT2D eigenvalue weighted by Gasteiger charge is 2.07. The second kappa shape index (κ2) is 20.5. The Morgan fingerprint density at radius 3 is 1.31 bits per heavy atom. The molecule has 2 aromatic carbocycles. The molecule has 10 heteroatoms. The standard InChI is InChI=1S/C32H42N2O8/c1-39-29(35)11-5-3-7-21-33-31(37)25-13-17-27(18-14-25)41-23-9-10-24-42-28-19-15-26(16-20-28)32(38)34-22-8-4-6-12-30(36)40-2/h9-10,13-20H,3-8,11-12,21-24H2,1-2H3,(H,33,37)(H,34,38)/b10-9-. The second-order valence-electron chi connectivity index (χ2n) is 9.43. The lowest BCUT2D eigenvalue weighted by atomic mass is 10.2. The molecule has 10 nitrogen and oxygen atoms in total. The molecule has 0 aromatic heterocycles. The molecule has 2 aromatic rings.